The van der Waals surface area contributed by atoms with Gasteiger partial charge in [0.05, 0.1) is 6.10 Å². The standard InChI is InChI=1S/C14H21N3O3/c1-8(2)12(13(15)19)17-14(20)16-11-6-4-10(5-7-11)9(3)18/h4-9,12,18H,1-3H3,(H2,15,19)(H2,16,17,20). The average Bonchev–Trinajstić information content (AvgIpc) is 2.35. The monoisotopic (exact) mass is 279 g/mol. The molecule has 0 bridgehead atoms. The van der Waals surface area contributed by atoms with E-state index in [1.807, 2.05) is 0 Å². The highest BCUT2D eigenvalue weighted by Crippen LogP contribution is 2.15. The van der Waals surface area contributed by atoms with E-state index in [2.05, 4.69) is 10.6 Å². The lowest BCUT2D eigenvalue weighted by Crippen LogP contribution is -2.49. The highest BCUT2D eigenvalue weighted by atomic mass is 16.3. The molecule has 0 aliphatic heterocycles. The Hall–Kier alpha value is -2.08. The fraction of sp³-hybridized carbons (Fsp3) is 0.429. The van der Waals surface area contributed by atoms with Gasteiger partial charge < -0.3 is 21.5 Å². The van der Waals surface area contributed by atoms with Crippen LogP contribution in [-0.2, 0) is 4.79 Å². The van der Waals surface area contributed by atoms with Crippen molar-refractivity contribution in [1.82, 2.24) is 5.32 Å². The van der Waals surface area contributed by atoms with Gasteiger partial charge in [0.1, 0.15) is 6.04 Å². The molecule has 1 rings (SSSR count). The summed E-state index contributed by atoms with van der Waals surface area (Å²) >= 11 is 0. The van der Waals surface area contributed by atoms with E-state index >= 15 is 0 Å². The smallest absolute Gasteiger partial charge is 0.319 e. The number of primary amides is 1. The molecule has 110 valence electrons. The van der Waals surface area contributed by atoms with Crippen LogP contribution in [0.15, 0.2) is 24.3 Å². The molecule has 0 aliphatic rings. The molecule has 2 unspecified atom stereocenters. The summed E-state index contributed by atoms with van der Waals surface area (Å²) in [5.41, 5.74) is 6.55. The fourth-order valence-electron chi connectivity index (χ4n) is 1.72. The number of urea groups is 1. The van der Waals surface area contributed by atoms with Gasteiger partial charge in [0.2, 0.25) is 5.91 Å². The topological polar surface area (TPSA) is 104 Å². The van der Waals surface area contributed by atoms with E-state index in [1.54, 1.807) is 45.0 Å². The van der Waals surface area contributed by atoms with Gasteiger partial charge in [0.25, 0.3) is 0 Å². The zero-order valence-electron chi connectivity index (χ0n) is 11.9. The average molecular weight is 279 g/mol. The van der Waals surface area contributed by atoms with Crippen LogP contribution >= 0.6 is 0 Å². The molecule has 0 heterocycles. The van der Waals surface area contributed by atoms with Crippen LogP contribution in [0.3, 0.4) is 0 Å². The maximum Gasteiger partial charge on any atom is 0.319 e. The molecule has 1 aromatic carbocycles. The zero-order valence-corrected chi connectivity index (χ0v) is 11.9. The molecule has 0 radical (unpaired) electrons. The minimum absolute atomic E-state index is 0.0872. The number of benzene rings is 1. The van der Waals surface area contributed by atoms with Gasteiger partial charge in [0.15, 0.2) is 0 Å². The van der Waals surface area contributed by atoms with Gasteiger partial charge in [0, 0.05) is 5.69 Å². The van der Waals surface area contributed by atoms with Crippen molar-refractivity contribution in [3.63, 3.8) is 0 Å². The molecule has 0 spiro atoms. The van der Waals surface area contributed by atoms with Crippen molar-refractivity contribution in [3.8, 4) is 0 Å². The summed E-state index contributed by atoms with van der Waals surface area (Å²) in [5, 5.41) is 14.5. The lowest BCUT2D eigenvalue weighted by molar-refractivity contribution is -0.120. The van der Waals surface area contributed by atoms with E-state index in [9.17, 15) is 14.7 Å². The highest BCUT2D eigenvalue weighted by molar-refractivity contribution is 5.93. The van der Waals surface area contributed by atoms with Crippen molar-refractivity contribution in [1.29, 1.82) is 0 Å². The molecule has 2 atom stereocenters. The number of aliphatic hydroxyl groups is 1. The first-order chi connectivity index (χ1) is 9.31. The Morgan fingerprint density at radius 2 is 1.70 bits per heavy atom. The van der Waals surface area contributed by atoms with Crippen LogP contribution in [0.25, 0.3) is 0 Å². The molecule has 5 N–H and O–H groups in total. The predicted molar refractivity (Wildman–Crippen MR) is 77.1 cm³/mol. The number of carbonyl (C=O) groups is 2. The van der Waals surface area contributed by atoms with Crippen molar-refractivity contribution >= 4 is 17.6 Å². The van der Waals surface area contributed by atoms with Gasteiger partial charge in [-0.25, -0.2) is 4.79 Å². The zero-order chi connectivity index (χ0) is 15.3. The van der Waals surface area contributed by atoms with E-state index in [0.29, 0.717) is 5.69 Å². The van der Waals surface area contributed by atoms with E-state index in [0.717, 1.165) is 5.56 Å². The molecule has 0 fully saturated rings. The third-order valence-electron chi connectivity index (χ3n) is 2.91. The molecule has 0 saturated carbocycles. The number of hydrogen-bond acceptors (Lipinski definition) is 3. The van der Waals surface area contributed by atoms with E-state index in [4.69, 9.17) is 5.73 Å². The summed E-state index contributed by atoms with van der Waals surface area (Å²) < 4.78 is 0. The summed E-state index contributed by atoms with van der Waals surface area (Å²) in [6.07, 6.45) is -0.557. The Morgan fingerprint density at radius 3 is 2.10 bits per heavy atom. The number of amides is 3. The van der Waals surface area contributed by atoms with E-state index < -0.39 is 24.1 Å². The third kappa shape index (κ3) is 4.55. The summed E-state index contributed by atoms with van der Waals surface area (Å²) in [4.78, 5) is 23.0. The van der Waals surface area contributed by atoms with Gasteiger partial charge in [-0.2, -0.15) is 0 Å². The van der Waals surface area contributed by atoms with Crippen molar-refractivity contribution < 1.29 is 14.7 Å². The second kappa shape index (κ2) is 6.91. The van der Waals surface area contributed by atoms with Gasteiger partial charge in [-0.15, -0.1) is 0 Å². The number of aliphatic hydroxyl groups excluding tert-OH is 1. The van der Waals surface area contributed by atoms with Gasteiger partial charge in [-0.1, -0.05) is 26.0 Å². The van der Waals surface area contributed by atoms with Crippen LogP contribution in [0.4, 0.5) is 10.5 Å². The molecular weight excluding hydrogens is 258 g/mol. The maximum atomic E-state index is 11.8. The van der Waals surface area contributed by atoms with Gasteiger partial charge >= 0.3 is 6.03 Å². The normalized spacial score (nSPS) is 13.7. The van der Waals surface area contributed by atoms with Crippen LogP contribution in [0.5, 0.6) is 0 Å². The highest BCUT2D eigenvalue weighted by Gasteiger charge is 2.21. The molecule has 6 heteroatoms. The Kier molecular flexibility index (Phi) is 5.52. The van der Waals surface area contributed by atoms with Crippen molar-refractivity contribution in [2.24, 2.45) is 11.7 Å². The first-order valence-electron chi connectivity index (χ1n) is 6.46. The van der Waals surface area contributed by atoms with Crippen molar-refractivity contribution in [3.05, 3.63) is 29.8 Å². The van der Waals surface area contributed by atoms with E-state index in [1.165, 1.54) is 0 Å². The Bertz CT molecular complexity index is 469. The van der Waals surface area contributed by atoms with Crippen molar-refractivity contribution in [2.75, 3.05) is 5.32 Å². The number of hydrogen-bond donors (Lipinski definition) is 4. The quantitative estimate of drug-likeness (QED) is 0.654. The summed E-state index contributed by atoms with van der Waals surface area (Å²) in [6, 6.07) is 5.58. The second-order valence-corrected chi connectivity index (χ2v) is 5.02. The lowest BCUT2D eigenvalue weighted by Gasteiger charge is -2.19. The fourth-order valence-corrected chi connectivity index (χ4v) is 1.72. The summed E-state index contributed by atoms with van der Waals surface area (Å²) in [6.45, 7) is 5.26. The molecule has 0 aromatic heterocycles. The molecule has 1 aromatic rings. The first-order valence-corrected chi connectivity index (χ1v) is 6.46. The minimum Gasteiger partial charge on any atom is -0.389 e. The van der Waals surface area contributed by atoms with Crippen LogP contribution in [0, 0.1) is 5.92 Å². The maximum absolute atomic E-state index is 11.8. The number of carbonyl (C=O) groups excluding carboxylic acids is 2. The molecule has 20 heavy (non-hydrogen) atoms. The number of anilines is 1. The van der Waals surface area contributed by atoms with Crippen LogP contribution in [0.1, 0.15) is 32.4 Å². The molecule has 6 nitrogen and oxygen atoms in total. The SMILES string of the molecule is CC(O)c1ccc(NC(=O)NC(C(N)=O)C(C)C)cc1. The number of rotatable bonds is 5. The van der Waals surface area contributed by atoms with Gasteiger partial charge in [-0.3, -0.25) is 4.79 Å². The molecular formula is C14H21N3O3. The lowest BCUT2D eigenvalue weighted by atomic mass is 10.0. The first kappa shape index (κ1) is 16.0. The van der Waals surface area contributed by atoms with Crippen molar-refractivity contribution in [2.45, 2.75) is 32.9 Å². The molecule has 0 aliphatic carbocycles. The Morgan fingerprint density at radius 1 is 1.15 bits per heavy atom. The summed E-state index contributed by atoms with van der Waals surface area (Å²) in [7, 11) is 0. The van der Waals surface area contributed by atoms with Crippen LogP contribution in [0.2, 0.25) is 0 Å². The minimum atomic E-state index is -0.716. The van der Waals surface area contributed by atoms with Gasteiger partial charge in [-0.05, 0) is 30.5 Å². The number of nitrogens with two attached hydrogens (primary N) is 1. The third-order valence-corrected chi connectivity index (χ3v) is 2.91. The Labute approximate surface area is 118 Å². The van der Waals surface area contributed by atoms with E-state index in [-0.39, 0.29) is 5.92 Å². The van der Waals surface area contributed by atoms with Crippen LogP contribution < -0.4 is 16.4 Å². The predicted octanol–water partition coefficient (Wildman–Crippen LogP) is 1.37. The largest absolute Gasteiger partial charge is 0.389 e. The summed E-state index contributed by atoms with van der Waals surface area (Å²) in [5.74, 6) is -0.657. The second-order valence-electron chi connectivity index (χ2n) is 5.02. The molecule has 3 amide bonds. The molecule has 0 saturated heterocycles. The van der Waals surface area contributed by atoms with Crippen LogP contribution in [-0.4, -0.2) is 23.1 Å². The number of nitrogens with one attached hydrogen (secondary N) is 2. The Balaban J connectivity index is 2.64.